The third-order valence-electron chi connectivity index (χ3n) is 8.90. The minimum atomic E-state index is -0.443. The molecule has 9 rings (SSSR count). The zero-order valence-electron chi connectivity index (χ0n) is 31.8. The third kappa shape index (κ3) is 4.23. The van der Waals surface area contributed by atoms with E-state index < -0.39 is 12.1 Å². The summed E-state index contributed by atoms with van der Waals surface area (Å²) in [5.74, 6) is 0. The molecule has 9 aromatic rings. The number of hydrogen-bond acceptors (Lipinski definition) is 0. The number of benzene rings is 9. The predicted molar refractivity (Wildman–Crippen MR) is 198 cm³/mol. The molecular formula is C46H30. The first-order chi connectivity index (χ1) is 25.8. The molecule has 0 aliphatic heterocycles. The maximum absolute atomic E-state index is 9.87. The zero-order valence-corrected chi connectivity index (χ0v) is 24.8. The quantitative estimate of drug-likeness (QED) is 0.179. The Labute approximate surface area is 278 Å². The lowest BCUT2D eigenvalue weighted by atomic mass is 9.81. The molecule has 0 saturated heterocycles. The van der Waals surface area contributed by atoms with Crippen LogP contribution in [0.3, 0.4) is 0 Å². The van der Waals surface area contributed by atoms with E-state index in [9.17, 15) is 5.48 Å². The van der Waals surface area contributed by atoms with Crippen LogP contribution in [0.5, 0.6) is 0 Å². The van der Waals surface area contributed by atoms with Crippen LogP contribution in [0.15, 0.2) is 182 Å². The summed E-state index contributed by atoms with van der Waals surface area (Å²) < 4.78 is 64.8. The predicted octanol–water partition coefficient (Wildman–Crippen LogP) is 13.0. The Bertz CT molecular complexity index is 2960. The van der Waals surface area contributed by atoms with E-state index in [0.29, 0.717) is 27.6 Å². The molecule has 0 heterocycles. The second-order valence-electron chi connectivity index (χ2n) is 11.5. The molecule has 0 unspecified atom stereocenters. The first-order valence-electron chi connectivity index (χ1n) is 18.9. The first kappa shape index (κ1) is 20.1. The second-order valence-corrected chi connectivity index (χ2v) is 11.5. The smallest absolute Gasteiger partial charge is 0.0622 e. The van der Waals surface area contributed by atoms with Gasteiger partial charge in [0.2, 0.25) is 0 Å². The molecule has 0 amide bonds. The summed E-state index contributed by atoms with van der Waals surface area (Å²) in [4.78, 5) is 0. The van der Waals surface area contributed by atoms with Gasteiger partial charge in [0.1, 0.15) is 0 Å². The van der Waals surface area contributed by atoms with E-state index in [0.717, 1.165) is 43.8 Å². The maximum Gasteiger partial charge on any atom is 0.0636 e. The second kappa shape index (κ2) is 10.9. The zero-order chi connectivity index (χ0) is 36.5. The molecule has 0 aromatic heterocycles. The van der Waals surface area contributed by atoms with Crippen LogP contribution in [0.25, 0.3) is 87.6 Å². The monoisotopic (exact) mass is 589 g/mol. The van der Waals surface area contributed by atoms with Gasteiger partial charge in [-0.15, -0.1) is 0 Å². The van der Waals surface area contributed by atoms with Crippen LogP contribution >= 0.6 is 0 Å². The highest BCUT2D eigenvalue weighted by molar-refractivity contribution is 6.22. The molecule has 0 spiro atoms. The van der Waals surface area contributed by atoms with Crippen molar-refractivity contribution >= 4 is 43.1 Å². The Balaban J connectivity index is 1.60. The third-order valence-corrected chi connectivity index (χ3v) is 8.90. The fourth-order valence-electron chi connectivity index (χ4n) is 6.89. The average molecular weight is 590 g/mol. The maximum atomic E-state index is 9.87. The normalized spacial score (nSPS) is 13.6. The summed E-state index contributed by atoms with van der Waals surface area (Å²) in [6, 6.07) is 43.9. The van der Waals surface area contributed by atoms with Crippen LogP contribution in [-0.4, -0.2) is 0 Å². The highest BCUT2D eigenvalue weighted by atomic mass is 14.2. The molecule has 214 valence electrons. The lowest BCUT2D eigenvalue weighted by molar-refractivity contribution is 1.60. The van der Waals surface area contributed by atoms with Crippen LogP contribution in [0, 0.1) is 0 Å². The highest BCUT2D eigenvalue weighted by Crippen LogP contribution is 2.49. The van der Waals surface area contributed by atoms with E-state index >= 15 is 0 Å². The van der Waals surface area contributed by atoms with Gasteiger partial charge >= 0.3 is 0 Å². The van der Waals surface area contributed by atoms with Crippen molar-refractivity contribution in [1.29, 1.82) is 0 Å². The molecule has 0 N–H and O–H groups in total. The topological polar surface area (TPSA) is 0 Å². The van der Waals surface area contributed by atoms with Crippen LogP contribution < -0.4 is 0 Å². The molecule has 0 aliphatic rings. The Kier molecular flexibility index (Phi) is 4.76. The Morgan fingerprint density at radius 3 is 1.65 bits per heavy atom. The molecular weight excluding hydrogens is 553 g/mol. The van der Waals surface area contributed by atoms with Gasteiger partial charge < -0.3 is 0 Å². The van der Waals surface area contributed by atoms with Gasteiger partial charge in [0.15, 0.2) is 0 Å². The van der Waals surface area contributed by atoms with E-state index in [2.05, 4.69) is 24.3 Å². The van der Waals surface area contributed by atoms with Gasteiger partial charge in [-0.05, 0) is 93.6 Å². The minimum absolute atomic E-state index is 0.0306. The van der Waals surface area contributed by atoms with E-state index in [-0.39, 0.29) is 46.4 Å². The summed E-state index contributed by atoms with van der Waals surface area (Å²) >= 11 is 0. The van der Waals surface area contributed by atoms with Gasteiger partial charge in [-0.1, -0.05) is 176 Å². The largest absolute Gasteiger partial charge is 0.0636 e. The van der Waals surface area contributed by atoms with Crippen molar-refractivity contribution in [2.24, 2.45) is 0 Å². The first-order valence-corrected chi connectivity index (χ1v) is 15.4. The van der Waals surface area contributed by atoms with Crippen LogP contribution in [0.2, 0.25) is 0 Å². The van der Waals surface area contributed by atoms with Crippen LogP contribution in [0.4, 0.5) is 0 Å². The fraction of sp³-hybridized carbons (Fsp3) is 0. The molecule has 0 aliphatic carbocycles. The molecule has 0 fully saturated rings. The minimum Gasteiger partial charge on any atom is -0.0622 e. The summed E-state index contributed by atoms with van der Waals surface area (Å²) in [7, 11) is 0. The van der Waals surface area contributed by atoms with Crippen molar-refractivity contribution in [2.45, 2.75) is 0 Å². The molecule has 0 atom stereocenters. The summed E-state index contributed by atoms with van der Waals surface area (Å²) in [6.07, 6.45) is 0. The van der Waals surface area contributed by atoms with Crippen molar-refractivity contribution < 1.29 is 9.60 Å². The van der Waals surface area contributed by atoms with Gasteiger partial charge in [0.25, 0.3) is 0 Å². The van der Waals surface area contributed by atoms with Crippen molar-refractivity contribution in [3.05, 3.63) is 182 Å². The molecule has 9 aromatic carbocycles. The van der Waals surface area contributed by atoms with Gasteiger partial charge in [0, 0.05) is 0 Å². The highest BCUT2D eigenvalue weighted by Gasteiger charge is 2.21. The molecule has 0 nitrogen and oxygen atoms in total. The molecule has 0 heteroatoms. The van der Waals surface area contributed by atoms with E-state index in [1.54, 1.807) is 0 Å². The average Bonchev–Trinajstić information content (AvgIpc) is 3.20. The number of rotatable bonds is 4. The van der Waals surface area contributed by atoms with Crippen molar-refractivity contribution in [1.82, 2.24) is 0 Å². The summed E-state index contributed by atoms with van der Waals surface area (Å²) in [5, 5.41) is 4.92. The van der Waals surface area contributed by atoms with Crippen molar-refractivity contribution in [3.8, 4) is 44.5 Å². The molecule has 0 saturated carbocycles. The molecule has 0 bridgehead atoms. The number of hydrogen-bond donors (Lipinski definition) is 0. The van der Waals surface area contributed by atoms with Crippen LogP contribution in [-0.2, 0) is 0 Å². The number of fused-ring (bicyclic) bond motifs is 4. The lowest BCUT2D eigenvalue weighted by Crippen LogP contribution is -1.95. The summed E-state index contributed by atoms with van der Waals surface area (Å²) in [5.41, 5.74) is 5.72. The molecule has 0 radical (unpaired) electrons. The van der Waals surface area contributed by atoms with Crippen LogP contribution in [0.1, 0.15) is 9.60 Å². The Morgan fingerprint density at radius 2 is 0.891 bits per heavy atom. The van der Waals surface area contributed by atoms with Crippen molar-refractivity contribution in [3.63, 3.8) is 0 Å². The lowest BCUT2D eigenvalue weighted by Gasteiger charge is -2.22. The Hall–Kier alpha value is -5.98. The van der Waals surface area contributed by atoms with Gasteiger partial charge in [-0.3, -0.25) is 0 Å². The fourth-order valence-corrected chi connectivity index (χ4v) is 6.89. The van der Waals surface area contributed by atoms with E-state index in [1.807, 2.05) is 115 Å². The van der Waals surface area contributed by atoms with Gasteiger partial charge in [-0.2, -0.15) is 0 Å². The molecule has 46 heavy (non-hydrogen) atoms. The summed E-state index contributed by atoms with van der Waals surface area (Å²) in [6.45, 7) is 0. The van der Waals surface area contributed by atoms with Crippen molar-refractivity contribution in [2.75, 3.05) is 0 Å². The van der Waals surface area contributed by atoms with E-state index in [1.165, 1.54) is 0 Å². The Morgan fingerprint density at radius 1 is 0.326 bits per heavy atom. The van der Waals surface area contributed by atoms with E-state index in [4.69, 9.17) is 4.11 Å². The standard InChI is InChI=1S/C46H30/c1-2-16-33(17-3-1)44-38-23-9-6-18-34(38)30-35-28-29-43(46(45(35)44)42-27-13-20-32-15-5-8-22-37(32)42)41-25-11-10-24-40(41)39-26-12-19-31-14-4-7-21-36(31)39/h1-30H/i6D,9D,18D,23D,28D,29D,30D. The SMILES string of the molecule is [2H]c1c([2H])c([2H])c2c(-c3ccccc3)c3c(-c4cccc5ccccc45)c(-c4ccccc4-c4cccc5ccccc45)c([2H])c([2H])c3c([2H])c2c1[2H]. The van der Waals surface area contributed by atoms with Gasteiger partial charge in [-0.25, -0.2) is 0 Å². The van der Waals surface area contributed by atoms with Gasteiger partial charge in [0.05, 0.1) is 9.60 Å².